The minimum absolute atomic E-state index is 0.0155. The Morgan fingerprint density at radius 2 is 2.12 bits per heavy atom. The zero-order valence-electron chi connectivity index (χ0n) is 9.49. The fourth-order valence-electron chi connectivity index (χ4n) is 2.47. The molecule has 1 saturated heterocycles. The fraction of sp³-hybridized carbons (Fsp3) is 0.583. The Labute approximate surface area is 104 Å². The van der Waals surface area contributed by atoms with E-state index < -0.39 is 4.75 Å². The predicted octanol–water partition coefficient (Wildman–Crippen LogP) is 1.31. The minimum atomic E-state index is -0.923. The summed E-state index contributed by atoms with van der Waals surface area (Å²) in [6.45, 7) is 0. The summed E-state index contributed by atoms with van der Waals surface area (Å²) < 4.78 is -0.923. The lowest BCUT2D eigenvalue weighted by molar-refractivity contribution is -0.130. The van der Waals surface area contributed by atoms with Gasteiger partial charge in [-0.1, -0.05) is 0 Å². The van der Waals surface area contributed by atoms with Crippen LogP contribution in [-0.4, -0.2) is 22.1 Å². The Balaban J connectivity index is 2.40. The lowest BCUT2D eigenvalue weighted by Crippen LogP contribution is -2.49. The smallest absolute Gasteiger partial charge is 0.185 e. The summed E-state index contributed by atoms with van der Waals surface area (Å²) in [6.07, 6.45) is 3.18. The maximum Gasteiger partial charge on any atom is 0.185 e. The van der Waals surface area contributed by atoms with Gasteiger partial charge in [-0.2, -0.15) is 5.26 Å². The molecule has 0 aromatic carbocycles. The number of nitrogens with zero attached hydrogens (tertiary/aromatic N) is 1. The van der Waals surface area contributed by atoms with E-state index >= 15 is 0 Å². The first-order valence-electron chi connectivity index (χ1n) is 5.72. The van der Waals surface area contributed by atoms with E-state index in [0.29, 0.717) is 24.8 Å². The maximum absolute atomic E-state index is 12.4. The van der Waals surface area contributed by atoms with Gasteiger partial charge in [0.05, 0.1) is 0 Å². The molecule has 0 unspecified atom stereocenters. The molecule has 0 aromatic rings. The van der Waals surface area contributed by atoms with Gasteiger partial charge in [0, 0.05) is 12.0 Å². The molecule has 1 heterocycles. The molecular formula is C12H14N2O2S. The third kappa shape index (κ3) is 1.87. The number of rotatable bonds is 0. The molecule has 0 aromatic heterocycles. The Morgan fingerprint density at radius 1 is 1.35 bits per heavy atom. The molecule has 1 saturated carbocycles. The first kappa shape index (κ1) is 12.2. The van der Waals surface area contributed by atoms with Crippen LogP contribution in [0.5, 0.6) is 0 Å². The number of carbonyl (C=O) groups is 2. The summed E-state index contributed by atoms with van der Waals surface area (Å²) in [6, 6.07) is 1.82. The zero-order valence-corrected chi connectivity index (χ0v) is 10.3. The standard InChI is InChI=1S/C12H14N2O2S/c13-7-9(14)8-3-1-5-12(11(8)16)10(15)4-2-6-17-12/h1-6,14H2/b9-8-/t12-/m0/s1. The van der Waals surface area contributed by atoms with Crippen LogP contribution in [0.1, 0.15) is 32.1 Å². The monoisotopic (exact) mass is 250 g/mol. The minimum Gasteiger partial charge on any atom is -0.390 e. The zero-order chi connectivity index (χ0) is 12.5. The van der Waals surface area contributed by atoms with E-state index in [4.69, 9.17) is 11.0 Å². The highest BCUT2D eigenvalue weighted by molar-refractivity contribution is 8.02. The molecule has 1 aliphatic heterocycles. The molecule has 90 valence electrons. The van der Waals surface area contributed by atoms with Crippen LogP contribution in [0, 0.1) is 11.3 Å². The van der Waals surface area contributed by atoms with Crippen molar-refractivity contribution in [2.75, 3.05) is 5.75 Å². The number of ketones is 2. The third-order valence-electron chi connectivity index (χ3n) is 3.39. The molecule has 1 spiro atoms. The van der Waals surface area contributed by atoms with Crippen LogP contribution >= 0.6 is 11.8 Å². The predicted molar refractivity (Wildman–Crippen MR) is 65.1 cm³/mol. The molecule has 4 nitrogen and oxygen atoms in total. The first-order chi connectivity index (χ1) is 8.12. The van der Waals surface area contributed by atoms with Crippen molar-refractivity contribution in [2.24, 2.45) is 5.73 Å². The lowest BCUT2D eigenvalue weighted by atomic mass is 9.79. The van der Waals surface area contributed by atoms with E-state index in [9.17, 15) is 9.59 Å². The summed E-state index contributed by atoms with van der Waals surface area (Å²) in [7, 11) is 0. The van der Waals surface area contributed by atoms with Gasteiger partial charge in [-0.3, -0.25) is 9.59 Å². The summed E-state index contributed by atoms with van der Waals surface area (Å²) in [5.74, 6) is 0.635. The Hall–Kier alpha value is -1.28. The topological polar surface area (TPSA) is 83.9 Å². The van der Waals surface area contributed by atoms with Gasteiger partial charge in [-0.15, -0.1) is 11.8 Å². The van der Waals surface area contributed by atoms with E-state index in [1.54, 1.807) is 0 Å². The third-order valence-corrected chi connectivity index (χ3v) is 4.99. The average Bonchev–Trinajstić information content (AvgIpc) is 2.35. The van der Waals surface area contributed by atoms with Crippen LogP contribution in [0.2, 0.25) is 0 Å². The van der Waals surface area contributed by atoms with Crippen LogP contribution in [0.3, 0.4) is 0 Å². The summed E-state index contributed by atoms with van der Waals surface area (Å²) in [5.41, 5.74) is 5.89. The normalized spacial score (nSPS) is 32.4. The number of nitriles is 1. The highest BCUT2D eigenvalue weighted by Gasteiger charge is 2.50. The van der Waals surface area contributed by atoms with Gasteiger partial charge in [0.25, 0.3) is 0 Å². The van der Waals surface area contributed by atoms with Gasteiger partial charge in [-0.25, -0.2) is 0 Å². The molecule has 2 fully saturated rings. The molecule has 0 amide bonds. The Kier molecular flexibility index (Phi) is 3.25. The number of allylic oxidation sites excluding steroid dienone is 2. The number of hydrogen-bond acceptors (Lipinski definition) is 5. The summed E-state index contributed by atoms with van der Waals surface area (Å²) >= 11 is 1.44. The maximum atomic E-state index is 12.4. The highest BCUT2D eigenvalue weighted by atomic mass is 32.2. The van der Waals surface area contributed by atoms with Crippen molar-refractivity contribution in [2.45, 2.75) is 36.9 Å². The second kappa shape index (κ2) is 4.53. The van der Waals surface area contributed by atoms with Crippen molar-refractivity contribution in [3.05, 3.63) is 11.3 Å². The van der Waals surface area contributed by atoms with Crippen molar-refractivity contribution in [3.8, 4) is 6.07 Å². The van der Waals surface area contributed by atoms with Crippen LogP contribution in [0.25, 0.3) is 0 Å². The number of thioether (sulfide) groups is 1. The fourth-order valence-corrected chi connectivity index (χ4v) is 3.92. The number of hydrogen-bond donors (Lipinski definition) is 1. The van der Waals surface area contributed by atoms with Crippen LogP contribution in [-0.2, 0) is 9.59 Å². The number of carbonyl (C=O) groups excluding carboxylic acids is 2. The molecular weight excluding hydrogens is 236 g/mol. The van der Waals surface area contributed by atoms with Crippen LogP contribution in [0.4, 0.5) is 0 Å². The average molecular weight is 250 g/mol. The molecule has 2 N–H and O–H groups in total. The summed E-state index contributed by atoms with van der Waals surface area (Å²) in [4.78, 5) is 24.4. The number of Topliss-reactive ketones (excluding diaryl/α,β-unsaturated/α-hetero) is 2. The quantitative estimate of drug-likeness (QED) is 0.398. The van der Waals surface area contributed by atoms with E-state index in [0.717, 1.165) is 18.6 Å². The van der Waals surface area contributed by atoms with Crippen molar-refractivity contribution in [1.82, 2.24) is 0 Å². The molecule has 0 radical (unpaired) electrons. The molecule has 17 heavy (non-hydrogen) atoms. The second-order valence-electron chi connectivity index (χ2n) is 4.39. The largest absolute Gasteiger partial charge is 0.390 e. The SMILES string of the molecule is N#C/C(N)=C1\CCC[C@@]2(SCCCC2=O)C1=O. The van der Waals surface area contributed by atoms with Gasteiger partial charge in [-0.05, 0) is 31.4 Å². The van der Waals surface area contributed by atoms with Gasteiger partial charge in [0.1, 0.15) is 16.5 Å². The number of nitrogens with two attached hydrogens (primary N) is 1. The molecule has 5 heteroatoms. The molecule has 2 rings (SSSR count). The van der Waals surface area contributed by atoms with Crippen LogP contribution < -0.4 is 5.73 Å². The van der Waals surface area contributed by atoms with Crippen molar-refractivity contribution >= 4 is 23.3 Å². The lowest BCUT2D eigenvalue weighted by Gasteiger charge is -2.37. The Bertz CT molecular complexity index is 446. The van der Waals surface area contributed by atoms with Crippen molar-refractivity contribution in [1.29, 1.82) is 5.26 Å². The highest BCUT2D eigenvalue weighted by Crippen LogP contribution is 2.44. The van der Waals surface area contributed by atoms with Gasteiger partial charge in [0.2, 0.25) is 0 Å². The molecule has 1 atom stereocenters. The van der Waals surface area contributed by atoms with Gasteiger partial charge >= 0.3 is 0 Å². The van der Waals surface area contributed by atoms with Crippen molar-refractivity contribution < 1.29 is 9.59 Å². The van der Waals surface area contributed by atoms with E-state index in [-0.39, 0.29) is 17.3 Å². The van der Waals surface area contributed by atoms with Crippen molar-refractivity contribution in [3.63, 3.8) is 0 Å². The second-order valence-corrected chi connectivity index (χ2v) is 5.78. The Morgan fingerprint density at radius 3 is 2.76 bits per heavy atom. The van der Waals surface area contributed by atoms with Gasteiger partial charge < -0.3 is 5.73 Å². The van der Waals surface area contributed by atoms with E-state index in [2.05, 4.69) is 0 Å². The molecule has 2 aliphatic rings. The van der Waals surface area contributed by atoms with E-state index in [1.807, 2.05) is 6.07 Å². The molecule has 0 bridgehead atoms. The summed E-state index contributed by atoms with van der Waals surface area (Å²) in [5, 5.41) is 8.78. The van der Waals surface area contributed by atoms with E-state index in [1.165, 1.54) is 11.8 Å². The first-order valence-corrected chi connectivity index (χ1v) is 6.71. The molecule has 1 aliphatic carbocycles. The van der Waals surface area contributed by atoms with Gasteiger partial charge in [0.15, 0.2) is 11.6 Å². The van der Waals surface area contributed by atoms with Crippen LogP contribution in [0.15, 0.2) is 11.3 Å².